The normalized spacial score (nSPS) is 19.1. The molecule has 0 amide bonds. The van der Waals surface area contributed by atoms with Gasteiger partial charge in [0.1, 0.15) is 5.75 Å². The summed E-state index contributed by atoms with van der Waals surface area (Å²) < 4.78 is 5.65. The number of carbonyl (C=O) groups is 1. The lowest BCUT2D eigenvalue weighted by molar-refractivity contribution is -0.140. The van der Waals surface area contributed by atoms with E-state index in [1.807, 2.05) is 30.5 Å². The molecule has 3 rings (SSSR count). The highest BCUT2D eigenvalue weighted by Gasteiger charge is 2.27. The van der Waals surface area contributed by atoms with Gasteiger partial charge < -0.3 is 4.74 Å². The maximum atomic E-state index is 12.5. The van der Waals surface area contributed by atoms with Crippen molar-refractivity contribution in [3.8, 4) is 17.0 Å². The van der Waals surface area contributed by atoms with Crippen LogP contribution in [0, 0.1) is 11.8 Å². The lowest BCUT2D eigenvalue weighted by atomic mass is 9.80. The van der Waals surface area contributed by atoms with E-state index in [0.717, 1.165) is 49.3 Å². The van der Waals surface area contributed by atoms with E-state index in [9.17, 15) is 4.79 Å². The molecule has 3 heteroatoms. The zero-order valence-electron chi connectivity index (χ0n) is 18.0. The zero-order valence-corrected chi connectivity index (χ0v) is 18.0. The van der Waals surface area contributed by atoms with Gasteiger partial charge in [-0.25, -0.2) is 0 Å². The van der Waals surface area contributed by atoms with Gasteiger partial charge in [-0.15, -0.1) is 0 Å². The molecule has 1 aliphatic carbocycles. The first-order chi connectivity index (χ1) is 14.2. The Kier molecular flexibility index (Phi) is 8.27. The Morgan fingerprint density at radius 3 is 2.34 bits per heavy atom. The van der Waals surface area contributed by atoms with Gasteiger partial charge >= 0.3 is 5.97 Å². The Morgan fingerprint density at radius 1 is 0.966 bits per heavy atom. The molecule has 0 spiro atoms. The van der Waals surface area contributed by atoms with Crippen LogP contribution in [-0.2, 0) is 11.2 Å². The first kappa shape index (κ1) is 21.5. The van der Waals surface area contributed by atoms with Crippen molar-refractivity contribution in [2.24, 2.45) is 11.8 Å². The van der Waals surface area contributed by atoms with Crippen LogP contribution in [0.4, 0.5) is 0 Å². The smallest absolute Gasteiger partial charge is 0.314 e. The van der Waals surface area contributed by atoms with Crippen molar-refractivity contribution in [1.82, 2.24) is 4.98 Å². The molecule has 29 heavy (non-hydrogen) atoms. The molecule has 0 saturated heterocycles. The first-order valence-corrected chi connectivity index (χ1v) is 11.5. The van der Waals surface area contributed by atoms with E-state index in [-0.39, 0.29) is 11.9 Å². The number of unbranched alkanes of at least 4 members (excludes halogenated alkanes) is 2. The molecule has 0 N–H and O–H groups in total. The number of rotatable bonds is 9. The summed E-state index contributed by atoms with van der Waals surface area (Å²) >= 11 is 0. The van der Waals surface area contributed by atoms with Crippen molar-refractivity contribution in [2.45, 2.75) is 78.1 Å². The van der Waals surface area contributed by atoms with Crippen LogP contribution in [-0.4, -0.2) is 11.0 Å². The molecule has 2 aromatic rings. The number of carbonyl (C=O) groups excluding carboxylic acids is 1. The predicted molar refractivity (Wildman–Crippen MR) is 119 cm³/mol. The molecule has 0 unspecified atom stereocenters. The average Bonchev–Trinajstić information content (AvgIpc) is 2.76. The molecular weight excluding hydrogens is 358 g/mol. The third kappa shape index (κ3) is 6.42. The van der Waals surface area contributed by atoms with Crippen molar-refractivity contribution < 1.29 is 9.53 Å². The standard InChI is InChI=1S/C26H35NO2/c1-3-5-6-8-21-11-18-25(27-19-21)22-14-16-24(17-15-22)29-26(28)23-12-9-20(7-4-2)10-13-23/h11,14-20,23H,3-10,12-13H2,1-2H3. The van der Waals surface area contributed by atoms with Crippen LogP contribution >= 0.6 is 0 Å². The average molecular weight is 394 g/mol. The molecule has 1 aliphatic rings. The van der Waals surface area contributed by atoms with Gasteiger partial charge in [0.2, 0.25) is 0 Å². The Labute approximate surface area is 175 Å². The van der Waals surface area contributed by atoms with Gasteiger partial charge in [-0.2, -0.15) is 0 Å². The third-order valence-electron chi connectivity index (χ3n) is 6.14. The van der Waals surface area contributed by atoms with Gasteiger partial charge in [0.25, 0.3) is 0 Å². The lowest BCUT2D eigenvalue weighted by Crippen LogP contribution is -2.25. The van der Waals surface area contributed by atoms with Gasteiger partial charge in [0.05, 0.1) is 11.6 Å². The SMILES string of the molecule is CCCCCc1ccc(-c2ccc(OC(=O)C3CCC(CCC)CC3)cc2)nc1. The van der Waals surface area contributed by atoms with Crippen molar-refractivity contribution in [1.29, 1.82) is 0 Å². The van der Waals surface area contributed by atoms with Crippen LogP contribution in [0.2, 0.25) is 0 Å². The minimum absolute atomic E-state index is 0.0599. The second-order valence-electron chi connectivity index (χ2n) is 8.46. The molecule has 1 aromatic carbocycles. The van der Waals surface area contributed by atoms with E-state index in [2.05, 4.69) is 31.0 Å². The van der Waals surface area contributed by atoms with E-state index in [1.54, 1.807) is 0 Å². The van der Waals surface area contributed by atoms with Crippen LogP contribution in [0.5, 0.6) is 5.75 Å². The van der Waals surface area contributed by atoms with Crippen molar-refractivity contribution in [2.75, 3.05) is 0 Å². The fraction of sp³-hybridized carbons (Fsp3) is 0.538. The number of esters is 1. The Hall–Kier alpha value is -2.16. The molecule has 1 saturated carbocycles. The Balaban J connectivity index is 1.51. The van der Waals surface area contributed by atoms with E-state index < -0.39 is 0 Å². The number of hydrogen-bond acceptors (Lipinski definition) is 3. The highest BCUT2D eigenvalue weighted by Crippen LogP contribution is 2.32. The van der Waals surface area contributed by atoms with Crippen LogP contribution < -0.4 is 4.74 Å². The maximum Gasteiger partial charge on any atom is 0.314 e. The van der Waals surface area contributed by atoms with Crippen molar-refractivity contribution in [3.63, 3.8) is 0 Å². The van der Waals surface area contributed by atoms with Gasteiger partial charge in [0.15, 0.2) is 0 Å². The van der Waals surface area contributed by atoms with Crippen molar-refractivity contribution >= 4 is 5.97 Å². The summed E-state index contributed by atoms with van der Waals surface area (Å²) in [6.07, 6.45) is 13.6. The molecule has 1 fully saturated rings. The summed E-state index contributed by atoms with van der Waals surface area (Å²) in [5.74, 6) is 1.42. The van der Waals surface area contributed by atoms with E-state index in [1.165, 1.54) is 37.7 Å². The third-order valence-corrected chi connectivity index (χ3v) is 6.14. The molecule has 156 valence electrons. The fourth-order valence-electron chi connectivity index (χ4n) is 4.31. The summed E-state index contributed by atoms with van der Waals surface area (Å²) in [7, 11) is 0. The fourth-order valence-corrected chi connectivity index (χ4v) is 4.31. The molecular formula is C26H35NO2. The number of benzene rings is 1. The molecule has 0 aliphatic heterocycles. The topological polar surface area (TPSA) is 39.2 Å². The summed E-state index contributed by atoms with van der Waals surface area (Å²) in [6, 6.07) is 12.0. The zero-order chi connectivity index (χ0) is 20.5. The number of nitrogens with zero attached hydrogens (tertiary/aromatic N) is 1. The Morgan fingerprint density at radius 2 is 1.72 bits per heavy atom. The number of ether oxygens (including phenoxy) is 1. The van der Waals surface area contributed by atoms with Gasteiger partial charge in [-0.3, -0.25) is 9.78 Å². The largest absolute Gasteiger partial charge is 0.426 e. The summed E-state index contributed by atoms with van der Waals surface area (Å²) in [6.45, 7) is 4.46. The quantitative estimate of drug-likeness (QED) is 0.262. The van der Waals surface area contributed by atoms with Crippen molar-refractivity contribution in [3.05, 3.63) is 48.2 Å². The van der Waals surface area contributed by atoms with Crippen LogP contribution in [0.3, 0.4) is 0 Å². The predicted octanol–water partition coefficient (Wildman–Crippen LogP) is 6.99. The Bertz CT molecular complexity index is 743. The summed E-state index contributed by atoms with van der Waals surface area (Å²) in [4.78, 5) is 17.1. The van der Waals surface area contributed by atoms with Crippen LogP contribution in [0.25, 0.3) is 11.3 Å². The monoisotopic (exact) mass is 393 g/mol. The number of hydrogen-bond donors (Lipinski definition) is 0. The molecule has 0 atom stereocenters. The molecule has 3 nitrogen and oxygen atoms in total. The number of pyridine rings is 1. The minimum Gasteiger partial charge on any atom is -0.426 e. The minimum atomic E-state index is -0.0674. The molecule has 0 bridgehead atoms. The van der Waals surface area contributed by atoms with E-state index in [4.69, 9.17) is 4.74 Å². The second kappa shape index (κ2) is 11.1. The van der Waals surface area contributed by atoms with Gasteiger partial charge in [0, 0.05) is 11.8 Å². The maximum absolute atomic E-state index is 12.5. The van der Waals surface area contributed by atoms with Crippen LogP contribution in [0.1, 0.15) is 77.2 Å². The summed E-state index contributed by atoms with van der Waals surface area (Å²) in [5.41, 5.74) is 3.29. The van der Waals surface area contributed by atoms with Gasteiger partial charge in [-0.1, -0.05) is 45.6 Å². The number of aromatic nitrogens is 1. The molecule has 1 heterocycles. The summed E-state index contributed by atoms with van der Waals surface area (Å²) in [5, 5.41) is 0. The number of aryl methyl sites for hydroxylation is 1. The molecule has 1 aromatic heterocycles. The van der Waals surface area contributed by atoms with E-state index >= 15 is 0 Å². The van der Waals surface area contributed by atoms with Crippen LogP contribution in [0.15, 0.2) is 42.6 Å². The second-order valence-corrected chi connectivity index (χ2v) is 8.46. The first-order valence-electron chi connectivity index (χ1n) is 11.5. The van der Waals surface area contributed by atoms with E-state index in [0.29, 0.717) is 5.75 Å². The highest BCUT2D eigenvalue weighted by atomic mass is 16.5. The van der Waals surface area contributed by atoms with Gasteiger partial charge in [-0.05, 0) is 80.3 Å². The lowest BCUT2D eigenvalue weighted by Gasteiger charge is -2.26. The molecule has 0 radical (unpaired) electrons. The highest BCUT2D eigenvalue weighted by molar-refractivity contribution is 5.75.